The van der Waals surface area contributed by atoms with Crippen molar-refractivity contribution in [3.8, 4) is 6.07 Å². The lowest BCUT2D eigenvalue weighted by Gasteiger charge is -2.36. The van der Waals surface area contributed by atoms with E-state index in [9.17, 15) is 37.6 Å². The number of halogens is 3. The second kappa shape index (κ2) is 10.7. The highest BCUT2D eigenvalue weighted by molar-refractivity contribution is 5.94. The monoisotopic (exact) mass is 541 g/mol. The van der Waals surface area contributed by atoms with Crippen LogP contribution >= 0.6 is 0 Å². The fourth-order valence-corrected chi connectivity index (χ4v) is 6.14. The standard InChI is InChI=1S/C26H38F3N5O4/c1-24(2,3)19(32-23(38)26(27,28)29)22(37)34-13-14-8-6-7-9-17(14)18(34)21(36)31-16(12-30)10-15-11-25(4,5)33-20(15)35/h14-19H,6-11,13H2,1-5H3,(H,31,36)(H,32,38)(H,33,35)/t14-,15+,16-,17-,18-,19+/m0/s1. The molecule has 9 nitrogen and oxygen atoms in total. The summed E-state index contributed by atoms with van der Waals surface area (Å²) in [7, 11) is 0. The average Bonchev–Trinajstić information content (AvgIpc) is 3.30. The Bertz CT molecular complexity index is 1000. The van der Waals surface area contributed by atoms with Gasteiger partial charge >= 0.3 is 12.1 Å². The van der Waals surface area contributed by atoms with E-state index in [-0.39, 0.29) is 30.7 Å². The van der Waals surface area contributed by atoms with Crippen molar-refractivity contribution >= 4 is 23.6 Å². The molecule has 212 valence electrons. The van der Waals surface area contributed by atoms with Gasteiger partial charge in [-0.25, -0.2) is 0 Å². The lowest BCUT2D eigenvalue weighted by Crippen LogP contribution is -2.60. The van der Waals surface area contributed by atoms with Gasteiger partial charge in [-0.3, -0.25) is 19.2 Å². The predicted octanol–water partition coefficient (Wildman–Crippen LogP) is 2.41. The minimum Gasteiger partial charge on any atom is -0.351 e. The minimum atomic E-state index is -5.17. The first-order valence-corrected chi connectivity index (χ1v) is 13.1. The van der Waals surface area contributed by atoms with Gasteiger partial charge in [-0.05, 0) is 56.8 Å². The zero-order chi connectivity index (χ0) is 28.6. The zero-order valence-electron chi connectivity index (χ0n) is 22.6. The van der Waals surface area contributed by atoms with Crippen molar-refractivity contribution in [1.82, 2.24) is 20.9 Å². The summed E-state index contributed by atoms with van der Waals surface area (Å²) >= 11 is 0. The number of carbonyl (C=O) groups is 4. The summed E-state index contributed by atoms with van der Waals surface area (Å²) in [6, 6.07) is -1.43. The number of amides is 4. The molecule has 3 aliphatic rings. The summed E-state index contributed by atoms with van der Waals surface area (Å²) < 4.78 is 39.1. The Morgan fingerprint density at radius 2 is 1.79 bits per heavy atom. The summed E-state index contributed by atoms with van der Waals surface area (Å²) in [5.41, 5.74) is -1.48. The highest BCUT2D eigenvalue weighted by atomic mass is 19.4. The molecule has 2 saturated heterocycles. The van der Waals surface area contributed by atoms with Gasteiger partial charge in [0.1, 0.15) is 18.1 Å². The maximum atomic E-state index is 13.7. The van der Waals surface area contributed by atoms with Crippen LogP contribution in [0.1, 0.15) is 73.1 Å². The van der Waals surface area contributed by atoms with Crippen LogP contribution in [0.15, 0.2) is 0 Å². The van der Waals surface area contributed by atoms with Gasteiger partial charge in [0, 0.05) is 18.0 Å². The van der Waals surface area contributed by atoms with Gasteiger partial charge in [-0.2, -0.15) is 18.4 Å². The Morgan fingerprint density at radius 3 is 2.32 bits per heavy atom. The van der Waals surface area contributed by atoms with Crippen molar-refractivity contribution in [2.45, 2.75) is 103 Å². The van der Waals surface area contributed by atoms with Crippen LogP contribution in [0.4, 0.5) is 13.2 Å². The van der Waals surface area contributed by atoms with Crippen molar-refractivity contribution in [2.24, 2.45) is 23.2 Å². The molecule has 1 saturated carbocycles. The molecule has 4 amide bonds. The minimum absolute atomic E-state index is 0.00988. The second-order valence-electron chi connectivity index (χ2n) is 12.6. The van der Waals surface area contributed by atoms with E-state index < -0.39 is 58.9 Å². The molecule has 0 radical (unpaired) electrons. The topological polar surface area (TPSA) is 131 Å². The molecule has 12 heteroatoms. The van der Waals surface area contributed by atoms with E-state index >= 15 is 0 Å². The van der Waals surface area contributed by atoms with E-state index in [4.69, 9.17) is 0 Å². The quantitative estimate of drug-likeness (QED) is 0.475. The fraction of sp³-hybridized carbons (Fsp3) is 0.808. The molecule has 0 aromatic rings. The van der Waals surface area contributed by atoms with Crippen molar-refractivity contribution < 1.29 is 32.3 Å². The van der Waals surface area contributed by atoms with E-state index in [1.54, 1.807) is 20.8 Å². The molecule has 38 heavy (non-hydrogen) atoms. The van der Waals surface area contributed by atoms with Crippen LogP contribution in [-0.2, 0) is 19.2 Å². The van der Waals surface area contributed by atoms with Crippen molar-refractivity contribution in [3.05, 3.63) is 0 Å². The number of rotatable bonds is 6. The maximum Gasteiger partial charge on any atom is 0.471 e. The molecule has 0 spiro atoms. The molecule has 0 aromatic heterocycles. The number of alkyl halides is 3. The van der Waals surface area contributed by atoms with E-state index in [1.807, 2.05) is 25.2 Å². The molecule has 3 fully saturated rings. The molecule has 3 N–H and O–H groups in total. The highest BCUT2D eigenvalue weighted by Crippen LogP contribution is 2.42. The smallest absolute Gasteiger partial charge is 0.351 e. The molecule has 0 unspecified atom stereocenters. The Kier molecular flexibility index (Phi) is 8.39. The normalized spacial score (nSPS) is 28.5. The molecular weight excluding hydrogens is 503 g/mol. The zero-order valence-corrected chi connectivity index (χ0v) is 22.6. The number of likely N-dealkylation sites (tertiary alicyclic amines) is 1. The maximum absolute atomic E-state index is 13.7. The number of nitrogens with one attached hydrogen (secondary N) is 3. The summed E-state index contributed by atoms with van der Waals surface area (Å²) in [5.74, 6) is -4.40. The molecule has 2 aliphatic heterocycles. The SMILES string of the molecule is CC1(C)C[C@@H](C[C@@H](C#N)NC(=O)[C@@H]2[C@H]3CCCC[C@H]3CN2C(=O)[C@@H](NC(=O)C(F)(F)F)C(C)(C)C)C(=O)N1. The number of fused-ring (bicyclic) bond motifs is 1. The van der Waals surface area contributed by atoms with Crippen LogP contribution in [0.2, 0.25) is 0 Å². The number of hydrogen-bond donors (Lipinski definition) is 3. The first-order chi connectivity index (χ1) is 17.4. The van der Waals surface area contributed by atoms with Crippen LogP contribution in [-0.4, -0.2) is 64.9 Å². The van der Waals surface area contributed by atoms with E-state index in [0.717, 1.165) is 19.3 Å². The van der Waals surface area contributed by atoms with Gasteiger partial charge in [0.2, 0.25) is 17.7 Å². The first kappa shape index (κ1) is 29.7. The van der Waals surface area contributed by atoms with Crippen molar-refractivity contribution in [1.29, 1.82) is 5.26 Å². The molecule has 3 rings (SSSR count). The molecule has 0 aromatic carbocycles. The third-order valence-corrected chi connectivity index (χ3v) is 7.92. The van der Waals surface area contributed by atoms with Crippen molar-refractivity contribution in [2.75, 3.05) is 6.54 Å². The molecule has 6 atom stereocenters. The van der Waals surface area contributed by atoms with Gasteiger partial charge in [0.25, 0.3) is 0 Å². The molecule has 2 heterocycles. The fourth-order valence-electron chi connectivity index (χ4n) is 6.14. The largest absolute Gasteiger partial charge is 0.471 e. The van der Waals surface area contributed by atoms with Crippen LogP contribution in [0.25, 0.3) is 0 Å². The highest BCUT2D eigenvalue weighted by Gasteiger charge is 2.52. The summed E-state index contributed by atoms with van der Waals surface area (Å²) in [5, 5.41) is 17.2. The molecule has 1 aliphatic carbocycles. The van der Waals surface area contributed by atoms with Gasteiger partial charge in [-0.15, -0.1) is 0 Å². The second-order valence-corrected chi connectivity index (χ2v) is 12.6. The number of carbonyl (C=O) groups excluding carboxylic acids is 4. The Labute approximate surface area is 221 Å². The van der Waals surface area contributed by atoms with Gasteiger partial charge < -0.3 is 20.9 Å². The van der Waals surface area contributed by atoms with Gasteiger partial charge in [0.15, 0.2) is 0 Å². The summed E-state index contributed by atoms with van der Waals surface area (Å²) in [6.45, 7) is 8.57. The van der Waals surface area contributed by atoms with E-state index in [0.29, 0.717) is 12.8 Å². The number of nitrogens with zero attached hydrogens (tertiary/aromatic N) is 2. The van der Waals surface area contributed by atoms with E-state index in [2.05, 4.69) is 10.6 Å². The number of hydrogen-bond acceptors (Lipinski definition) is 5. The van der Waals surface area contributed by atoms with Crippen LogP contribution in [0.3, 0.4) is 0 Å². The van der Waals surface area contributed by atoms with Gasteiger partial charge in [0.05, 0.1) is 6.07 Å². The Morgan fingerprint density at radius 1 is 1.16 bits per heavy atom. The lowest BCUT2D eigenvalue weighted by atomic mass is 9.78. The first-order valence-electron chi connectivity index (χ1n) is 13.1. The number of nitriles is 1. The van der Waals surface area contributed by atoms with Gasteiger partial charge in [-0.1, -0.05) is 33.6 Å². The van der Waals surface area contributed by atoms with Crippen LogP contribution in [0.5, 0.6) is 0 Å². The Balaban J connectivity index is 1.83. The Hall–Kier alpha value is -2.84. The lowest BCUT2D eigenvalue weighted by molar-refractivity contribution is -0.176. The third kappa shape index (κ3) is 6.59. The predicted molar refractivity (Wildman–Crippen MR) is 131 cm³/mol. The summed E-state index contributed by atoms with van der Waals surface area (Å²) in [6.07, 6.45) is -1.35. The molecular formula is C26H38F3N5O4. The third-order valence-electron chi connectivity index (χ3n) is 7.92. The van der Waals surface area contributed by atoms with Crippen molar-refractivity contribution in [3.63, 3.8) is 0 Å². The average molecular weight is 542 g/mol. The van der Waals surface area contributed by atoms with Crippen LogP contribution < -0.4 is 16.0 Å². The van der Waals surface area contributed by atoms with Crippen LogP contribution in [0, 0.1) is 34.5 Å². The van der Waals surface area contributed by atoms with E-state index in [1.165, 1.54) is 4.90 Å². The summed E-state index contributed by atoms with van der Waals surface area (Å²) in [4.78, 5) is 52.7. The molecule has 0 bridgehead atoms.